The molecule has 3 aromatic carbocycles. The predicted octanol–water partition coefficient (Wildman–Crippen LogP) is 7.01. The van der Waals surface area contributed by atoms with Crippen LogP contribution in [0.3, 0.4) is 0 Å². The molecule has 3 nitrogen and oxygen atoms in total. The Morgan fingerprint density at radius 3 is 1.86 bits per heavy atom. The van der Waals surface area contributed by atoms with Gasteiger partial charge in [-0.3, -0.25) is 0 Å². The van der Waals surface area contributed by atoms with Gasteiger partial charge in [0.15, 0.2) is 0 Å². The first kappa shape index (κ1) is 28.9. The molecule has 0 aliphatic rings. The summed E-state index contributed by atoms with van der Waals surface area (Å²) in [6, 6.07) is 29.9. The van der Waals surface area contributed by atoms with E-state index in [1.807, 2.05) is 12.1 Å². The average Bonchev–Trinajstić information content (AvgIpc) is 2.89. The van der Waals surface area contributed by atoms with Gasteiger partial charge in [-0.05, 0) is 50.4 Å². The molecule has 0 unspecified atom stereocenters. The third-order valence-electron chi connectivity index (χ3n) is 6.86. The molecular weight excluding hydrogens is 575 g/mol. The van der Waals surface area contributed by atoms with E-state index in [2.05, 4.69) is 123 Å². The molecule has 0 aromatic heterocycles. The molecule has 0 heterocycles. The van der Waals surface area contributed by atoms with E-state index in [9.17, 15) is 0 Å². The van der Waals surface area contributed by atoms with Crippen molar-refractivity contribution < 1.29 is 13.9 Å². The minimum absolute atomic E-state index is 0.0307. The first-order valence-electron chi connectivity index (χ1n) is 12.9. The Hall–Kier alpha value is -1.67. The topological polar surface area (TPSA) is 27.7 Å². The molecule has 0 bridgehead atoms. The highest BCUT2D eigenvalue weighted by Gasteiger charge is 2.50. The van der Waals surface area contributed by atoms with Gasteiger partial charge in [-0.25, -0.2) is 0 Å². The standard InChI is InChI=1S/C31H41IO3Si/c1-25(30(17-12-22-32)34-24-26-18-20-27(33-5)21-19-26)23-35-36(31(2,3)4,28-13-8-6-9-14-28)29-15-10-7-11-16-29/h6-11,13-16,18-21,25,30H,12,17,22-24H2,1-5H3/t25-,30-/m0/s1. The van der Waals surface area contributed by atoms with Crippen molar-refractivity contribution in [2.75, 3.05) is 18.1 Å². The first-order chi connectivity index (χ1) is 17.3. The fourth-order valence-corrected chi connectivity index (χ4v) is 9.97. The minimum Gasteiger partial charge on any atom is -0.497 e. The molecule has 0 aliphatic carbocycles. The van der Waals surface area contributed by atoms with E-state index in [1.54, 1.807) is 7.11 Å². The molecule has 0 saturated carbocycles. The molecule has 5 heteroatoms. The molecular formula is C31H41IO3Si. The summed E-state index contributed by atoms with van der Waals surface area (Å²) in [6.07, 6.45) is 2.31. The van der Waals surface area contributed by atoms with Crippen molar-refractivity contribution in [3.63, 3.8) is 0 Å². The Morgan fingerprint density at radius 2 is 1.39 bits per heavy atom. The van der Waals surface area contributed by atoms with Crippen LogP contribution in [0.4, 0.5) is 0 Å². The number of hydrogen-bond donors (Lipinski definition) is 0. The van der Waals surface area contributed by atoms with Gasteiger partial charge in [0.25, 0.3) is 8.32 Å². The molecule has 0 spiro atoms. The molecule has 3 aromatic rings. The molecule has 0 amide bonds. The van der Waals surface area contributed by atoms with Crippen LogP contribution in [0, 0.1) is 5.92 Å². The summed E-state index contributed by atoms with van der Waals surface area (Å²) in [4.78, 5) is 0. The van der Waals surface area contributed by atoms with E-state index in [4.69, 9.17) is 13.9 Å². The van der Waals surface area contributed by atoms with Crippen LogP contribution in [0.2, 0.25) is 5.04 Å². The zero-order valence-electron chi connectivity index (χ0n) is 22.4. The predicted molar refractivity (Wildman–Crippen MR) is 162 cm³/mol. The summed E-state index contributed by atoms with van der Waals surface area (Å²) < 4.78 is 20.2. The number of ether oxygens (including phenoxy) is 2. The Morgan fingerprint density at radius 1 is 0.833 bits per heavy atom. The van der Waals surface area contributed by atoms with Crippen molar-refractivity contribution in [2.24, 2.45) is 5.92 Å². The summed E-state index contributed by atoms with van der Waals surface area (Å²) in [7, 11) is -0.864. The van der Waals surface area contributed by atoms with Crippen LogP contribution in [-0.2, 0) is 15.8 Å². The molecule has 0 N–H and O–H groups in total. The highest BCUT2D eigenvalue weighted by molar-refractivity contribution is 14.1. The van der Waals surface area contributed by atoms with E-state index in [-0.39, 0.29) is 17.1 Å². The number of rotatable bonds is 13. The maximum absolute atomic E-state index is 7.21. The summed E-state index contributed by atoms with van der Waals surface area (Å²) in [5, 5.41) is 2.61. The summed E-state index contributed by atoms with van der Waals surface area (Å²) in [5.74, 6) is 1.14. The van der Waals surface area contributed by atoms with Gasteiger partial charge in [0.1, 0.15) is 5.75 Å². The van der Waals surface area contributed by atoms with E-state index in [0.29, 0.717) is 13.2 Å². The van der Waals surface area contributed by atoms with E-state index in [0.717, 1.165) is 28.6 Å². The lowest BCUT2D eigenvalue weighted by Gasteiger charge is -2.44. The number of benzene rings is 3. The number of halogens is 1. The molecule has 0 aliphatic heterocycles. The highest BCUT2D eigenvalue weighted by atomic mass is 127. The van der Waals surface area contributed by atoms with Gasteiger partial charge in [-0.2, -0.15) is 0 Å². The molecule has 0 radical (unpaired) electrons. The van der Waals surface area contributed by atoms with Gasteiger partial charge >= 0.3 is 0 Å². The quantitative estimate of drug-likeness (QED) is 0.118. The van der Waals surface area contributed by atoms with E-state index >= 15 is 0 Å². The fraction of sp³-hybridized carbons (Fsp3) is 0.419. The SMILES string of the molecule is COc1ccc(CO[C@@H](CCCI)[C@@H](C)CO[Si](c2ccccc2)(c2ccccc2)C(C)(C)C)cc1. The Kier molecular flexibility index (Phi) is 11.0. The summed E-state index contributed by atoms with van der Waals surface area (Å²) in [6.45, 7) is 10.5. The van der Waals surface area contributed by atoms with Crippen LogP contribution < -0.4 is 15.1 Å². The summed E-state index contributed by atoms with van der Waals surface area (Å²) in [5.41, 5.74) is 1.16. The molecule has 2 atom stereocenters. The lowest BCUT2D eigenvalue weighted by molar-refractivity contribution is -0.0132. The van der Waals surface area contributed by atoms with Crippen LogP contribution in [0.1, 0.15) is 46.1 Å². The van der Waals surface area contributed by atoms with Crippen molar-refractivity contribution in [1.82, 2.24) is 0 Å². The van der Waals surface area contributed by atoms with Gasteiger partial charge < -0.3 is 13.9 Å². The van der Waals surface area contributed by atoms with Crippen molar-refractivity contribution in [3.05, 3.63) is 90.5 Å². The smallest absolute Gasteiger partial charge is 0.261 e. The maximum atomic E-state index is 7.21. The normalized spacial score (nSPS) is 13.8. The molecule has 0 fully saturated rings. The Balaban J connectivity index is 1.83. The highest BCUT2D eigenvalue weighted by Crippen LogP contribution is 2.37. The van der Waals surface area contributed by atoms with E-state index < -0.39 is 8.32 Å². The monoisotopic (exact) mass is 616 g/mol. The van der Waals surface area contributed by atoms with Crippen molar-refractivity contribution in [1.29, 1.82) is 0 Å². The van der Waals surface area contributed by atoms with Gasteiger partial charge in [0.05, 0.1) is 19.8 Å². The van der Waals surface area contributed by atoms with Crippen LogP contribution in [0.25, 0.3) is 0 Å². The summed E-state index contributed by atoms with van der Waals surface area (Å²) >= 11 is 2.46. The van der Waals surface area contributed by atoms with Crippen molar-refractivity contribution in [3.8, 4) is 5.75 Å². The zero-order valence-corrected chi connectivity index (χ0v) is 25.5. The van der Waals surface area contributed by atoms with Crippen LogP contribution >= 0.6 is 22.6 Å². The maximum Gasteiger partial charge on any atom is 0.261 e. The lowest BCUT2D eigenvalue weighted by atomic mass is 10.0. The zero-order chi connectivity index (χ0) is 26.0. The second kappa shape index (κ2) is 13.8. The van der Waals surface area contributed by atoms with Crippen LogP contribution in [0.5, 0.6) is 5.75 Å². The third-order valence-corrected chi connectivity index (χ3v) is 12.6. The number of alkyl halides is 1. The minimum atomic E-state index is -2.56. The van der Waals surface area contributed by atoms with Gasteiger partial charge in [0, 0.05) is 12.5 Å². The number of methoxy groups -OCH3 is 1. The Bertz CT molecular complexity index is 980. The Labute approximate surface area is 232 Å². The van der Waals surface area contributed by atoms with E-state index in [1.165, 1.54) is 10.4 Å². The van der Waals surface area contributed by atoms with Crippen LogP contribution in [0.15, 0.2) is 84.9 Å². The van der Waals surface area contributed by atoms with Gasteiger partial charge in [-0.1, -0.05) is 123 Å². The lowest BCUT2D eigenvalue weighted by Crippen LogP contribution is -2.67. The molecule has 194 valence electrons. The largest absolute Gasteiger partial charge is 0.497 e. The molecule has 3 rings (SSSR count). The first-order valence-corrected chi connectivity index (χ1v) is 16.3. The third kappa shape index (κ3) is 7.21. The average molecular weight is 617 g/mol. The van der Waals surface area contributed by atoms with Gasteiger partial charge in [0.2, 0.25) is 0 Å². The molecule has 36 heavy (non-hydrogen) atoms. The second-order valence-electron chi connectivity index (χ2n) is 10.5. The van der Waals surface area contributed by atoms with Crippen molar-refractivity contribution >= 4 is 41.3 Å². The van der Waals surface area contributed by atoms with Crippen molar-refractivity contribution in [2.45, 2.75) is 58.3 Å². The van der Waals surface area contributed by atoms with Crippen LogP contribution in [-0.4, -0.2) is 32.6 Å². The second-order valence-corrected chi connectivity index (χ2v) is 15.9. The molecule has 0 saturated heterocycles. The number of hydrogen-bond acceptors (Lipinski definition) is 3. The van der Waals surface area contributed by atoms with Gasteiger partial charge in [-0.15, -0.1) is 0 Å². The fourth-order valence-electron chi connectivity index (χ4n) is 4.86.